The summed E-state index contributed by atoms with van der Waals surface area (Å²) in [6.45, 7) is 17.6. The molecule has 0 unspecified atom stereocenters. The third kappa shape index (κ3) is 3.57. The van der Waals surface area contributed by atoms with Gasteiger partial charge in [0.2, 0.25) is 0 Å². The first kappa shape index (κ1) is 28.4. The lowest BCUT2D eigenvalue weighted by molar-refractivity contribution is -0.125. The molecule has 1 aromatic rings. The maximum absolute atomic E-state index is 12.5. The first-order valence-corrected chi connectivity index (χ1v) is 16.6. The standard InChI is InChI=1S/C37H55NO2/c1-23(2)10-8-11-24(3)26-17-19-35(7)30-15-14-29-33(4,5)18-16-27(31-25(32(39)40)12-9-13-28(31)38)37(29)22-36(30,37)21-20-34(26,35)6/h9,12-13,16,23-24,26,29-30H,8,10-11,14-15,17-22,38H2,1-7H3,(H,39,40)/t24-,26-,29+,30+,34-,35+,36+,37+/m1/s1. The number of nitrogen functional groups attached to an aromatic ring is 1. The Hall–Kier alpha value is -1.77. The molecule has 3 N–H and O–H groups in total. The van der Waals surface area contributed by atoms with E-state index in [1.807, 2.05) is 12.1 Å². The molecule has 2 spiro atoms. The number of hydrogen-bond donors (Lipinski definition) is 2. The monoisotopic (exact) mass is 545 g/mol. The smallest absolute Gasteiger partial charge is 0.336 e. The fourth-order valence-electron chi connectivity index (χ4n) is 12.3. The van der Waals surface area contributed by atoms with Crippen LogP contribution in [-0.2, 0) is 0 Å². The molecule has 0 bridgehead atoms. The van der Waals surface area contributed by atoms with Crippen molar-refractivity contribution in [3.63, 3.8) is 0 Å². The molecule has 0 heterocycles. The number of benzene rings is 1. The van der Waals surface area contributed by atoms with Crippen LogP contribution in [0, 0.1) is 56.7 Å². The van der Waals surface area contributed by atoms with Gasteiger partial charge in [0.1, 0.15) is 0 Å². The Morgan fingerprint density at radius 2 is 1.70 bits per heavy atom. The molecule has 0 aliphatic heterocycles. The number of carboxylic acid groups (broad SMARTS) is 1. The number of nitrogens with two attached hydrogens (primary N) is 1. The summed E-state index contributed by atoms with van der Waals surface area (Å²) in [5.41, 5.74) is 11.2. The largest absolute Gasteiger partial charge is 0.478 e. The molecular weight excluding hydrogens is 490 g/mol. The van der Waals surface area contributed by atoms with Gasteiger partial charge < -0.3 is 10.8 Å². The second-order valence-electron chi connectivity index (χ2n) is 16.7. The highest BCUT2D eigenvalue weighted by atomic mass is 16.4. The third-order valence-electron chi connectivity index (χ3n) is 14.3. The van der Waals surface area contributed by atoms with Gasteiger partial charge >= 0.3 is 5.97 Å². The molecule has 3 heteroatoms. The molecule has 0 radical (unpaired) electrons. The number of anilines is 1. The lowest BCUT2D eigenvalue weighted by atomic mass is 9.41. The molecule has 6 rings (SSSR count). The van der Waals surface area contributed by atoms with E-state index in [4.69, 9.17) is 5.73 Å². The van der Waals surface area contributed by atoms with Crippen molar-refractivity contribution in [2.75, 3.05) is 5.73 Å². The molecule has 220 valence electrons. The van der Waals surface area contributed by atoms with Crippen molar-refractivity contribution in [2.24, 2.45) is 56.7 Å². The van der Waals surface area contributed by atoms with Crippen LogP contribution in [0.4, 0.5) is 5.69 Å². The van der Waals surface area contributed by atoms with Crippen molar-refractivity contribution in [3.05, 3.63) is 35.4 Å². The Labute approximate surface area is 243 Å². The van der Waals surface area contributed by atoms with Gasteiger partial charge in [0, 0.05) is 16.7 Å². The normalized spacial score (nSPS) is 41.8. The topological polar surface area (TPSA) is 63.3 Å². The SMILES string of the molecule is CC(C)CCC[C@@H](C)[C@H]1CC[C@@]2(C)[C@@H]3CC[C@H]4C(C)(C)CC=C(c5c(N)cccc5C(=O)O)[C@@]45C[C@@]35CC[C@]12C. The molecule has 4 fully saturated rings. The number of aromatic carboxylic acids is 1. The van der Waals surface area contributed by atoms with Crippen molar-refractivity contribution in [2.45, 2.75) is 119 Å². The fourth-order valence-corrected chi connectivity index (χ4v) is 12.3. The lowest BCUT2D eigenvalue weighted by Crippen LogP contribution is -2.56. The maximum Gasteiger partial charge on any atom is 0.336 e. The van der Waals surface area contributed by atoms with E-state index in [1.165, 1.54) is 69.8 Å². The lowest BCUT2D eigenvalue weighted by Gasteiger charge is -2.63. The van der Waals surface area contributed by atoms with Gasteiger partial charge in [0.25, 0.3) is 0 Å². The number of allylic oxidation sites excluding steroid dienone is 2. The van der Waals surface area contributed by atoms with Crippen LogP contribution in [0.1, 0.15) is 135 Å². The van der Waals surface area contributed by atoms with E-state index in [1.54, 1.807) is 6.07 Å². The molecule has 40 heavy (non-hydrogen) atoms. The van der Waals surface area contributed by atoms with E-state index in [2.05, 4.69) is 54.5 Å². The summed E-state index contributed by atoms with van der Waals surface area (Å²) in [5, 5.41) is 10.2. The summed E-state index contributed by atoms with van der Waals surface area (Å²) < 4.78 is 0. The van der Waals surface area contributed by atoms with Crippen molar-refractivity contribution in [1.82, 2.24) is 0 Å². The summed E-state index contributed by atoms with van der Waals surface area (Å²) in [5.74, 6) is 2.90. The van der Waals surface area contributed by atoms with Gasteiger partial charge in [-0.25, -0.2) is 4.79 Å². The number of fused-ring (bicyclic) bond motifs is 2. The van der Waals surface area contributed by atoms with Crippen LogP contribution in [0.2, 0.25) is 0 Å². The van der Waals surface area contributed by atoms with Gasteiger partial charge in [-0.15, -0.1) is 0 Å². The molecule has 8 atom stereocenters. The van der Waals surface area contributed by atoms with Crippen LogP contribution in [0.15, 0.2) is 24.3 Å². The quantitative estimate of drug-likeness (QED) is 0.335. The average molecular weight is 546 g/mol. The summed E-state index contributed by atoms with van der Waals surface area (Å²) in [7, 11) is 0. The van der Waals surface area contributed by atoms with Crippen LogP contribution in [0.25, 0.3) is 5.57 Å². The molecule has 0 aromatic heterocycles. The Morgan fingerprint density at radius 1 is 0.975 bits per heavy atom. The van der Waals surface area contributed by atoms with Crippen LogP contribution in [0.3, 0.4) is 0 Å². The van der Waals surface area contributed by atoms with Crippen molar-refractivity contribution in [3.8, 4) is 0 Å². The van der Waals surface area contributed by atoms with Crippen LogP contribution in [-0.4, -0.2) is 11.1 Å². The van der Waals surface area contributed by atoms with Gasteiger partial charge in [-0.05, 0) is 120 Å². The van der Waals surface area contributed by atoms with E-state index in [9.17, 15) is 9.90 Å². The van der Waals surface area contributed by atoms with E-state index >= 15 is 0 Å². The predicted molar refractivity (Wildman–Crippen MR) is 166 cm³/mol. The maximum atomic E-state index is 12.5. The van der Waals surface area contributed by atoms with Gasteiger partial charge in [0.15, 0.2) is 0 Å². The van der Waals surface area contributed by atoms with Crippen LogP contribution < -0.4 is 5.73 Å². The minimum atomic E-state index is -0.851. The summed E-state index contributed by atoms with van der Waals surface area (Å²) >= 11 is 0. The zero-order valence-electron chi connectivity index (χ0n) is 26.4. The Kier molecular flexibility index (Phi) is 6.46. The molecule has 3 nitrogen and oxygen atoms in total. The first-order valence-electron chi connectivity index (χ1n) is 16.6. The number of rotatable bonds is 7. The molecule has 0 saturated heterocycles. The zero-order valence-corrected chi connectivity index (χ0v) is 26.4. The zero-order chi connectivity index (χ0) is 28.9. The fraction of sp³-hybridized carbons (Fsp3) is 0.757. The average Bonchev–Trinajstić information content (AvgIpc) is 3.47. The molecular formula is C37H55NO2. The minimum Gasteiger partial charge on any atom is -0.478 e. The summed E-state index contributed by atoms with van der Waals surface area (Å²) in [4.78, 5) is 12.5. The second-order valence-corrected chi connectivity index (χ2v) is 16.7. The van der Waals surface area contributed by atoms with E-state index in [0.717, 1.165) is 35.7 Å². The first-order chi connectivity index (χ1) is 18.8. The Bertz CT molecular complexity index is 1230. The second kappa shape index (κ2) is 9.11. The van der Waals surface area contributed by atoms with E-state index < -0.39 is 5.97 Å². The van der Waals surface area contributed by atoms with Crippen molar-refractivity contribution in [1.29, 1.82) is 0 Å². The third-order valence-corrected chi connectivity index (χ3v) is 14.3. The molecule has 0 amide bonds. The molecule has 5 aliphatic carbocycles. The highest BCUT2D eigenvalue weighted by molar-refractivity contribution is 5.99. The van der Waals surface area contributed by atoms with Gasteiger partial charge in [-0.3, -0.25) is 0 Å². The Morgan fingerprint density at radius 3 is 2.40 bits per heavy atom. The van der Waals surface area contributed by atoms with Crippen LogP contribution >= 0.6 is 0 Å². The number of hydrogen-bond acceptors (Lipinski definition) is 2. The van der Waals surface area contributed by atoms with Crippen molar-refractivity contribution < 1.29 is 9.90 Å². The highest BCUT2D eigenvalue weighted by Crippen LogP contribution is 2.90. The number of carboxylic acids is 1. The number of carbonyl (C=O) groups is 1. The summed E-state index contributed by atoms with van der Waals surface area (Å²) in [6.07, 6.45) is 16.8. The van der Waals surface area contributed by atoms with Crippen LogP contribution in [0.5, 0.6) is 0 Å². The molecule has 4 saturated carbocycles. The molecule has 1 aromatic carbocycles. The van der Waals surface area contributed by atoms with Gasteiger partial charge in [-0.2, -0.15) is 0 Å². The van der Waals surface area contributed by atoms with Crippen molar-refractivity contribution >= 4 is 17.2 Å². The predicted octanol–water partition coefficient (Wildman–Crippen LogP) is 9.86. The highest BCUT2D eigenvalue weighted by Gasteiger charge is 2.83. The van der Waals surface area contributed by atoms with Gasteiger partial charge in [-0.1, -0.05) is 79.9 Å². The minimum absolute atomic E-state index is 0.0721. The molecule has 5 aliphatic rings. The Balaban J connectivity index is 1.39. The van der Waals surface area contributed by atoms with Gasteiger partial charge in [0.05, 0.1) is 5.56 Å². The van der Waals surface area contributed by atoms with E-state index in [0.29, 0.717) is 33.4 Å². The van der Waals surface area contributed by atoms with E-state index in [-0.39, 0.29) is 10.8 Å². The summed E-state index contributed by atoms with van der Waals surface area (Å²) in [6, 6.07) is 5.51.